The van der Waals surface area contributed by atoms with Crippen molar-refractivity contribution in [2.45, 2.75) is 19.4 Å². The van der Waals surface area contributed by atoms with Crippen LogP contribution in [0.4, 0.5) is 0 Å². The maximum atomic E-state index is 12.3. The molecule has 0 unspecified atom stereocenters. The molecular weight excluding hydrogens is 340 g/mol. The Morgan fingerprint density at radius 1 is 1.07 bits per heavy atom. The number of rotatable bonds is 6. The molecule has 0 amide bonds. The molecule has 0 radical (unpaired) electrons. The molecule has 5 N–H and O–H groups in total. The van der Waals surface area contributed by atoms with Gasteiger partial charge in [0.2, 0.25) is 5.88 Å². The van der Waals surface area contributed by atoms with Crippen LogP contribution in [0.25, 0.3) is 10.9 Å². The number of aromatic amines is 2. The molecule has 0 saturated heterocycles. The lowest BCUT2D eigenvalue weighted by Crippen LogP contribution is -2.19. The maximum Gasteiger partial charge on any atom is 0.328 e. The molecule has 0 spiro atoms. The summed E-state index contributed by atoms with van der Waals surface area (Å²) in [4.78, 5) is 18.1. The first-order valence-electron chi connectivity index (χ1n) is 8.99. The summed E-state index contributed by atoms with van der Waals surface area (Å²) in [6.07, 6.45) is 3.25. The highest BCUT2D eigenvalue weighted by molar-refractivity contribution is 5.84. The highest BCUT2D eigenvalue weighted by atomic mass is 16.3. The fourth-order valence-corrected chi connectivity index (χ4v) is 3.49. The predicted octanol–water partition coefficient (Wildman–Crippen LogP) is 2.50. The van der Waals surface area contributed by atoms with Gasteiger partial charge < -0.3 is 15.8 Å². The lowest BCUT2D eigenvalue weighted by molar-refractivity contribution is 0.448. The first kappa shape index (κ1) is 17.2. The highest BCUT2D eigenvalue weighted by Crippen LogP contribution is 2.24. The van der Waals surface area contributed by atoms with Gasteiger partial charge in [0.1, 0.15) is 0 Å². The van der Waals surface area contributed by atoms with Gasteiger partial charge in [0, 0.05) is 23.5 Å². The molecule has 6 nitrogen and oxygen atoms in total. The molecule has 2 aromatic carbocycles. The van der Waals surface area contributed by atoms with Crippen LogP contribution in [-0.4, -0.2) is 26.2 Å². The Balaban J connectivity index is 1.69. The largest absolute Gasteiger partial charge is 0.493 e. The van der Waals surface area contributed by atoms with E-state index in [4.69, 9.17) is 5.73 Å². The van der Waals surface area contributed by atoms with Gasteiger partial charge in [-0.1, -0.05) is 36.4 Å². The Bertz CT molecular complexity index is 1120. The van der Waals surface area contributed by atoms with Crippen molar-refractivity contribution in [3.05, 3.63) is 87.6 Å². The molecule has 27 heavy (non-hydrogen) atoms. The third kappa shape index (κ3) is 3.39. The van der Waals surface area contributed by atoms with E-state index in [0.717, 1.165) is 28.5 Å². The van der Waals surface area contributed by atoms with Gasteiger partial charge in [0.05, 0.1) is 12.2 Å². The Kier molecular flexibility index (Phi) is 4.56. The summed E-state index contributed by atoms with van der Waals surface area (Å²) in [5.74, 6) is -0.0766. The summed E-state index contributed by atoms with van der Waals surface area (Å²) in [6, 6.07) is 15.9. The highest BCUT2D eigenvalue weighted by Gasteiger charge is 2.15. The van der Waals surface area contributed by atoms with Crippen LogP contribution in [0.2, 0.25) is 0 Å². The Labute approximate surface area is 156 Å². The number of hydrogen-bond donors (Lipinski definition) is 4. The number of aromatic hydroxyl groups is 1. The van der Waals surface area contributed by atoms with Gasteiger partial charge in [-0.05, 0) is 41.8 Å². The van der Waals surface area contributed by atoms with Crippen LogP contribution in [0.5, 0.6) is 5.88 Å². The van der Waals surface area contributed by atoms with E-state index in [-0.39, 0.29) is 11.6 Å². The minimum atomic E-state index is -0.308. The molecule has 0 aliphatic carbocycles. The van der Waals surface area contributed by atoms with E-state index in [1.165, 1.54) is 5.56 Å². The summed E-state index contributed by atoms with van der Waals surface area (Å²) < 4.78 is 1.59. The maximum absolute atomic E-state index is 12.3. The quantitative estimate of drug-likeness (QED) is 0.424. The standard InChI is InChI=1S/C21H22N4O2/c22-9-8-16-12-23-18-7-6-15(10-17(16)18)11-19-20(26)24-21(27)25(19)13-14-4-2-1-3-5-14/h1-7,10,12,23,26H,8-9,11,13,22H2,(H,24,27). The number of nitrogens with zero attached hydrogens (tertiary/aromatic N) is 1. The van der Waals surface area contributed by atoms with Crippen molar-refractivity contribution in [2.24, 2.45) is 5.73 Å². The molecule has 0 saturated carbocycles. The molecule has 2 heterocycles. The predicted molar refractivity (Wildman–Crippen MR) is 106 cm³/mol. The minimum absolute atomic E-state index is 0.0766. The van der Waals surface area contributed by atoms with Crippen LogP contribution in [0.15, 0.2) is 59.5 Å². The van der Waals surface area contributed by atoms with Crippen LogP contribution >= 0.6 is 0 Å². The van der Waals surface area contributed by atoms with E-state index in [0.29, 0.717) is 25.2 Å². The smallest absolute Gasteiger partial charge is 0.328 e. The zero-order chi connectivity index (χ0) is 18.8. The second-order valence-electron chi connectivity index (χ2n) is 6.71. The average Bonchev–Trinajstić information content (AvgIpc) is 3.18. The topological polar surface area (TPSA) is 99.8 Å². The van der Waals surface area contributed by atoms with E-state index in [2.05, 4.69) is 16.0 Å². The molecule has 0 fully saturated rings. The minimum Gasteiger partial charge on any atom is -0.493 e. The number of H-pyrrole nitrogens is 2. The van der Waals surface area contributed by atoms with Crippen molar-refractivity contribution in [3.63, 3.8) is 0 Å². The van der Waals surface area contributed by atoms with Crippen molar-refractivity contribution in [1.29, 1.82) is 0 Å². The summed E-state index contributed by atoms with van der Waals surface area (Å²) in [6.45, 7) is 1.00. The first-order valence-corrected chi connectivity index (χ1v) is 8.99. The van der Waals surface area contributed by atoms with E-state index < -0.39 is 0 Å². The fraction of sp³-hybridized carbons (Fsp3) is 0.190. The van der Waals surface area contributed by atoms with Gasteiger partial charge in [0.25, 0.3) is 0 Å². The molecule has 0 atom stereocenters. The van der Waals surface area contributed by atoms with E-state index in [1.807, 2.05) is 48.7 Å². The second kappa shape index (κ2) is 7.17. The van der Waals surface area contributed by atoms with Gasteiger partial charge in [-0.2, -0.15) is 0 Å². The monoisotopic (exact) mass is 362 g/mol. The van der Waals surface area contributed by atoms with E-state index >= 15 is 0 Å². The molecule has 4 aromatic rings. The lowest BCUT2D eigenvalue weighted by Gasteiger charge is -2.09. The Morgan fingerprint density at radius 2 is 1.89 bits per heavy atom. The second-order valence-corrected chi connectivity index (χ2v) is 6.71. The zero-order valence-electron chi connectivity index (χ0n) is 14.9. The Morgan fingerprint density at radius 3 is 2.67 bits per heavy atom. The normalized spacial score (nSPS) is 11.3. The molecule has 0 bridgehead atoms. The molecule has 6 heteroatoms. The number of benzene rings is 2. The SMILES string of the molecule is NCCc1c[nH]c2ccc(Cc3c(O)[nH]c(=O)n3Cc3ccccc3)cc12. The molecular formula is C21H22N4O2. The number of fused-ring (bicyclic) bond motifs is 1. The van der Waals surface area contributed by atoms with Gasteiger partial charge in [-0.3, -0.25) is 9.55 Å². The molecule has 0 aliphatic heterocycles. The summed E-state index contributed by atoms with van der Waals surface area (Å²) in [5, 5.41) is 11.4. The van der Waals surface area contributed by atoms with Crippen LogP contribution in [0.1, 0.15) is 22.4 Å². The van der Waals surface area contributed by atoms with Crippen LogP contribution in [0, 0.1) is 0 Å². The summed E-state index contributed by atoms with van der Waals surface area (Å²) in [7, 11) is 0. The van der Waals surface area contributed by atoms with Crippen molar-refractivity contribution in [3.8, 4) is 5.88 Å². The molecule has 138 valence electrons. The van der Waals surface area contributed by atoms with Crippen LogP contribution < -0.4 is 11.4 Å². The van der Waals surface area contributed by atoms with Gasteiger partial charge >= 0.3 is 5.69 Å². The fourth-order valence-electron chi connectivity index (χ4n) is 3.49. The van der Waals surface area contributed by atoms with E-state index in [9.17, 15) is 9.90 Å². The average molecular weight is 362 g/mol. The molecule has 0 aliphatic rings. The van der Waals surface area contributed by atoms with Gasteiger partial charge in [-0.25, -0.2) is 4.79 Å². The first-order chi connectivity index (χ1) is 13.2. The van der Waals surface area contributed by atoms with Crippen LogP contribution in [-0.2, 0) is 19.4 Å². The number of imidazole rings is 1. The van der Waals surface area contributed by atoms with Crippen molar-refractivity contribution in [2.75, 3.05) is 6.54 Å². The third-order valence-corrected chi connectivity index (χ3v) is 4.87. The third-order valence-electron chi connectivity index (χ3n) is 4.87. The lowest BCUT2D eigenvalue weighted by atomic mass is 10.0. The van der Waals surface area contributed by atoms with Gasteiger partial charge in [0.15, 0.2) is 0 Å². The number of aromatic nitrogens is 3. The van der Waals surface area contributed by atoms with Crippen molar-refractivity contribution < 1.29 is 5.11 Å². The summed E-state index contributed by atoms with van der Waals surface area (Å²) >= 11 is 0. The summed E-state index contributed by atoms with van der Waals surface area (Å²) in [5.41, 5.74) is 10.2. The van der Waals surface area contributed by atoms with Crippen molar-refractivity contribution in [1.82, 2.24) is 14.5 Å². The van der Waals surface area contributed by atoms with Crippen LogP contribution in [0.3, 0.4) is 0 Å². The number of hydrogen-bond acceptors (Lipinski definition) is 3. The number of nitrogens with two attached hydrogens (primary N) is 1. The van der Waals surface area contributed by atoms with Gasteiger partial charge in [-0.15, -0.1) is 0 Å². The van der Waals surface area contributed by atoms with Crippen molar-refractivity contribution >= 4 is 10.9 Å². The number of nitrogens with one attached hydrogen (secondary N) is 2. The zero-order valence-corrected chi connectivity index (χ0v) is 14.9. The molecule has 2 aromatic heterocycles. The Hall–Kier alpha value is -3.25. The van der Waals surface area contributed by atoms with E-state index in [1.54, 1.807) is 4.57 Å². The molecule has 4 rings (SSSR count).